The van der Waals surface area contributed by atoms with Crippen molar-refractivity contribution >= 4 is 21.6 Å². The molecule has 2 atom stereocenters. The molecular weight excluding hydrogens is 364 g/mol. The molecule has 0 saturated carbocycles. The fraction of sp³-hybridized carbons (Fsp3) is 0.474. The third kappa shape index (κ3) is 3.06. The Kier molecular flexibility index (Phi) is 4.35. The summed E-state index contributed by atoms with van der Waals surface area (Å²) in [6.45, 7) is 3.51. The van der Waals surface area contributed by atoms with E-state index < -0.39 is 10.0 Å². The van der Waals surface area contributed by atoms with Crippen molar-refractivity contribution in [1.29, 1.82) is 0 Å². The molecule has 1 aromatic carbocycles. The van der Waals surface area contributed by atoms with Crippen LogP contribution in [-0.4, -0.2) is 30.1 Å². The lowest BCUT2D eigenvalue weighted by Gasteiger charge is -2.24. The largest absolute Gasteiger partial charge is 0.309 e. The van der Waals surface area contributed by atoms with Gasteiger partial charge in [-0.05, 0) is 56.4 Å². The Morgan fingerprint density at radius 3 is 2.85 bits per heavy atom. The zero-order valence-electron chi connectivity index (χ0n) is 15.8. The molecule has 144 valence electrons. The minimum absolute atomic E-state index is 0.0266. The van der Waals surface area contributed by atoms with E-state index in [4.69, 9.17) is 0 Å². The van der Waals surface area contributed by atoms with Crippen molar-refractivity contribution < 1.29 is 13.2 Å². The molecule has 0 bridgehead atoms. The fourth-order valence-electron chi connectivity index (χ4n) is 4.34. The van der Waals surface area contributed by atoms with Gasteiger partial charge >= 0.3 is 0 Å². The molecule has 1 aromatic heterocycles. The van der Waals surface area contributed by atoms with Crippen LogP contribution in [0.5, 0.6) is 0 Å². The molecule has 8 heteroatoms. The third-order valence-corrected chi connectivity index (χ3v) is 7.06. The molecule has 1 N–H and O–H groups in total. The van der Waals surface area contributed by atoms with Crippen LogP contribution >= 0.6 is 0 Å². The number of aryl methyl sites for hydroxylation is 1. The number of nitrogens with one attached hydrogen (secondary N) is 1. The van der Waals surface area contributed by atoms with E-state index in [9.17, 15) is 13.2 Å². The zero-order chi connectivity index (χ0) is 19.3. The van der Waals surface area contributed by atoms with E-state index in [1.807, 2.05) is 18.7 Å². The summed E-state index contributed by atoms with van der Waals surface area (Å²) < 4.78 is 30.7. The highest BCUT2D eigenvalue weighted by Gasteiger charge is 2.32. The van der Waals surface area contributed by atoms with Crippen LogP contribution in [-0.2, 0) is 34.7 Å². The summed E-state index contributed by atoms with van der Waals surface area (Å²) in [5.41, 5.74) is 3.76. The van der Waals surface area contributed by atoms with Gasteiger partial charge in [-0.1, -0.05) is 0 Å². The minimum Gasteiger partial charge on any atom is -0.309 e. The number of carbonyl (C=O) groups excluding carboxylic acids is 1. The van der Waals surface area contributed by atoms with Crippen LogP contribution in [0.1, 0.15) is 49.6 Å². The van der Waals surface area contributed by atoms with Crippen molar-refractivity contribution in [1.82, 2.24) is 14.5 Å². The first kappa shape index (κ1) is 18.2. The van der Waals surface area contributed by atoms with Gasteiger partial charge in [0.15, 0.2) is 0 Å². The average molecular weight is 388 g/mol. The highest BCUT2D eigenvalue weighted by atomic mass is 32.2. The molecule has 7 nitrogen and oxygen atoms in total. The molecule has 0 spiro atoms. The van der Waals surface area contributed by atoms with Gasteiger partial charge in [-0.15, -0.1) is 0 Å². The molecule has 2 heterocycles. The van der Waals surface area contributed by atoms with Crippen LogP contribution in [0.15, 0.2) is 29.3 Å². The number of nitrogens with zero attached hydrogens (tertiary/aromatic N) is 3. The normalized spacial score (nSPS) is 21.8. The van der Waals surface area contributed by atoms with Crippen molar-refractivity contribution in [2.45, 2.75) is 56.5 Å². The van der Waals surface area contributed by atoms with Gasteiger partial charge in [0.05, 0.1) is 17.1 Å². The lowest BCUT2D eigenvalue weighted by molar-refractivity contribution is -0.116. The molecular formula is C19H24N4O3S. The molecule has 27 heavy (non-hydrogen) atoms. The number of hydrogen-bond acceptors (Lipinski definition) is 4. The first-order valence-electron chi connectivity index (χ1n) is 9.24. The molecule has 4 rings (SSSR count). The van der Waals surface area contributed by atoms with Crippen LogP contribution in [0.2, 0.25) is 0 Å². The van der Waals surface area contributed by atoms with E-state index >= 15 is 0 Å². The summed E-state index contributed by atoms with van der Waals surface area (Å²) in [6, 6.07) is 4.81. The number of fused-ring (bicyclic) bond motifs is 2. The Morgan fingerprint density at radius 2 is 2.11 bits per heavy atom. The van der Waals surface area contributed by atoms with Crippen LogP contribution < -0.4 is 9.62 Å². The molecule has 0 fully saturated rings. The summed E-state index contributed by atoms with van der Waals surface area (Å²) in [7, 11) is -1.77. The lowest BCUT2D eigenvalue weighted by atomic mass is 9.94. The first-order valence-corrected chi connectivity index (χ1v) is 10.7. The number of aromatic nitrogens is 2. The van der Waals surface area contributed by atoms with Gasteiger partial charge in [-0.25, -0.2) is 13.1 Å². The van der Waals surface area contributed by atoms with Crippen molar-refractivity contribution in [2.24, 2.45) is 7.05 Å². The molecule has 2 aliphatic rings. The maximum Gasteiger partial charge on any atom is 0.241 e. The molecule has 2 unspecified atom stereocenters. The maximum atomic E-state index is 13.0. The van der Waals surface area contributed by atoms with Crippen molar-refractivity contribution in [2.75, 3.05) is 4.90 Å². The van der Waals surface area contributed by atoms with E-state index in [1.165, 1.54) is 6.92 Å². The van der Waals surface area contributed by atoms with Crippen molar-refractivity contribution in [3.05, 3.63) is 41.2 Å². The quantitative estimate of drug-likeness (QED) is 0.872. The van der Waals surface area contributed by atoms with E-state index in [2.05, 4.69) is 9.82 Å². The summed E-state index contributed by atoms with van der Waals surface area (Å²) in [6.07, 6.45) is 5.03. The number of amides is 1. The van der Waals surface area contributed by atoms with Gasteiger partial charge in [0.2, 0.25) is 15.9 Å². The van der Waals surface area contributed by atoms with Crippen LogP contribution in [0.3, 0.4) is 0 Å². The summed E-state index contributed by atoms with van der Waals surface area (Å²) >= 11 is 0. The third-order valence-electron chi connectivity index (χ3n) is 5.59. The second kappa shape index (κ2) is 6.45. The van der Waals surface area contributed by atoms with Gasteiger partial charge in [0, 0.05) is 37.0 Å². The highest BCUT2D eigenvalue weighted by Crippen LogP contribution is 2.35. The topological polar surface area (TPSA) is 84.3 Å². The number of sulfonamides is 1. The van der Waals surface area contributed by atoms with Crippen molar-refractivity contribution in [3.8, 4) is 0 Å². The van der Waals surface area contributed by atoms with Gasteiger partial charge < -0.3 is 4.90 Å². The summed E-state index contributed by atoms with van der Waals surface area (Å²) in [4.78, 5) is 13.8. The number of benzene rings is 1. The molecule has 2 aromatic rings. The highest BCUT2D eigenvalue weighted by molar-refractivity contribution is 7.89. The Bertz CT molecular complexity index is 1010. The Hall–Kier alpha value is -2.19. The molecule has 1 aliphatic heterocycles. The standard InChI is InChI=1S/C19H24N4O3S/c1-12-9-14-10-15(7-8-18(14)23(12)13(2)24)27(25,26)21-17-5-4-6-19-16(17)11-20-22(19)3/h7-8,10-12,17,21H,4-6,9H2,1-3H3. The van der Waals surface area contributed by atoms with Gasteiger partial charge in [-0.2, -0.15) is 5.10 Å². The molecule has 0 radical (unpaired) electrons. The van der Waals surface area contributed by atoms with E-state index in [1.54, 1.807) is 29.3 Å². The SMILES string of the molecule is CC(=O)N1c2ccc(S(=O)(=O)NC3CCCc4c3cnn4C)cc2CC1C. The number of carbonyl (C=O) groups is 1. The first-order chi connectivity index (χ1) is 12.8. The molecule has 0 saturated heterocycles. The number of rotatable bonds is 3. The van der Waals surface area contributed by atoms with Crippen LogP contribution in [0.25, 0.3) is 0 Å². The summed E-state index contributed by atoms with van der Waals surface area (Å²) in [5.74, 6) is -0.0266. The molecule has 1 aliphatic carbocycles. The maximum absolute atomic E-state index is 13.0. The van der Waals surface area contributed by atoms with E-state index in [0.29, 0.717) is 6.42 Å². The predicted octanol–water partition coefficient (Wildman–Crippen LogP) is 2.07. The number of hydrogen-bond donors (Lipinski definition) is 1. The lowest BCUT2D eigenvalue weighted by Crippen LogP contribution is -2.33. The number of anilines is 1. The van der Waals surface area contributed by atoms with E-state index in [0.717, 1.165) is 41.8 Å². The second-order valence-electron chi connectivity index (χ2n) is 7.47. The molecule has 1 amide bonds. The van der Waals surface area contributed by atoms with Crippen molar-refractivity contribution in [3.63, 3.8) is 0 Å². The van der Waals surface area contributed by atoms with Gasteiger partial charge in [0.1, 0.15) is 0 Å². The average Bonchev–Trinajstić information content (AvgIpc) is 3.14. The Balaban J connectivity index is 1.63. The smallest absolute Gasteiger partial charge is 0.241 e. The van der Waals surface area contributed by atoms with Crippen LogP contribution in [0, 0.1) is 0 Å². The minimum atomic E-state index is -3.66. The summed E-state index contributed by atoms with van der Waals surface area (Å²) in [5, 5.41) is 4.28. The van der Waals surface area contributed by atoms with Crippen LogP contribution in [0.4, 0.5) is 5.69 Å². The Labute approximate surface area is 159 Å². The van der Waals surface area contributed by atoms with Gasteiger partial charge in [0.25, 0.3) is 0 Å². The zero-order valence-corrected chi connectivity index (χ0v) is 16.6. The monoisotopic (exact) mass is 388 g/mol. The van der Waals surface area contributed by atoms with Gasteiger partial charge in [-0.3, -0.25) is 9.48 Å². The fourth-order valence-corrected chi connectivity index (χ4v) is 5.64. The Morgan fingerprint density at radius 1 is 1.33 bits per heavy atom. The predicted molar refractivity (Wildman–Crippen MR) is 102 cm³/mol. The second-order valence-corrected chi connectivity index (χ2v) is 9.18. The van der Waals surface area contributed by atoms with E-state index in [-0.39, 0.29) is 22.9 Å².